The Balaban J connectivity index is 2.09. The minimum atomic E-state index is -0.305. The molecular formula is C16H23FN2O2. The smallest absolute Gasteiger partial charge is 0.320 e. The molecule has 0 aromatic heterocycles. The molecular weight excluding hydrogens is 271 g/mol. The molecule has 1 heterocycles. The van der Waals surface area contributed by atoms with Crippen LogP contribution in [0.3, 0.4) is 0 Å². The molecule has 2 rings (SSSR count). The molecule has 1 aliphatic rings. The second-order valence-corrected chi connectivity index (χ2v) is 5.30. The Morgan fingerprint density at radius 1 is 1.33 bits per heavy atom. The highest BCUT2D eigenvalue weighted by atomic mass is 19.1. The van der Waals surface area contributed by atoms with Crippen molar-refractivity contribution in [3.05, 3.63) is 29.6 Å². The maximum Gasteiger partial charge on any atom is 0.320 e. The largest absolute Gasteiger partial charge is 0.497 e. The molecule has 21 heavy (non-hydrogen) atoms. The first-order valence-electron chi connectivity index (χ1n) is 7.52. The molecule has 1 aromatic carbocycles. The van der Waals surface area contributed by atoms with Crippen LogP contribution in [0, 0.1) is 5.82 Å². The minimum absolute atomic E-state index is 0.000537. The van der Waals surface area contributed by atoms with Crippen molar-refractivity contribution in [2.24, 2.45) is 0 Å². The number of hydrogen-bond donors (Lipinski definition) is 0. The Labute approximate surface area is 125 Å². The zero-order valence-corrected chi connectivity index (χ0v) is 12.8. The number of hydrogen-bond acceptors (Lipinski definition) is 2. The van der Waals surface area contributed by atoms with Crippen molar-refractivity contribution in [1.82, 2.24) is 9.80 Å². The molecule has 0 aliphatic carbocycles. The van der Waals surface area contributed by atoms with E-state index >= 15 is 0 Å². The number of carbonyl (C=O) groups excluding carboxylic acids is 1. The van der Waals surface area contributed by atoms with E-state index in [0.29, 0.717) is 17.9 Å². The first kappa shape index (κ1) is 15.6. The summed E-state index contributed by atoms with van der Waals surface area (Å²) in [6.07, 6.45) is 3.29. The number of halogens is 1. The maximum absolute atomic E-state index is 13.9. The molecule has 0 saturated carbocycles. The molecule has 5 heteroatoms. The van der Waals surface area contributed by atoms with Gasteiger partial charge in [-0.1, -0.05) is 0 Å². The summed E-state index contributed by atoms with van der Waals surface area (Å²) in [6.45, 7) is 4.35. The van der Waals surface area contributed by atoms with Crippen LogP contribution in [-0.4, -0.2) is 42.6 Å². The number of amides is 2. The quantitative estimate of drug-likeness (QED) is 0.854. The van der Waals surface area contributed by atoms with E-state index < -0.39 is 0 Å². The van der Waals surface area contributed by atoms with Crippen molar-refractivity contribution < 1.29 is 13.9 Å². The van der Waals surface area contributed by atoms with Crippen LogP contribution in [0.4, 0.5) is 9.18 Å². The van der Waals surface area contributed by atoms with Gasteiger partial charge in [-0.2, -0.15) is 0 Å². The van der Waals surface area contributed by atoms with Gasteiger partial charge in [-0.25, -0.2) is 9.18 Å². The number of methoxy groups -OCH3 is 1. The van der Waals surface area contributed by atoms with Gasteiger partial charge in [0.05, 0.1) is 13.7 Å². The Bertz CT molecular complexity index is 487. The molecule has 1 aliphatic heterocycles. The van der Waals surface area contributed by atoms with Gasteiger partial charge < -0.3 is 14.5 Å². The number of likely N-dealkylation sites (tertiary alicyclic amines) is 1. The highest BCUT2D eigenvalue weighted by molar-refractivity contribution is 5.74. The summed E-state index contributed by atoms with van der Waals surface area (Å²) in [4.78, 5) is 16.0. The summed E-state index contributed by atoms with van der Waals surface area (Å²) < 4.78 is 19.0. The molecule has 0 radical (unpaired) electrons. The van der Waals surface area contributed by atoms with E-state index in [1.165, 1.54) is 12.5 Å². The number of urea groups is 1. The SMILES string of the molecule is CCN(Cc1cc(OC)ccc1F)C(=O)N1CCCCC1. The maximum atomic E-state index is 13.9. The fourth-order valence-corrected chi connectivity index (χ4v) is 2.60. The van der Waals surface area contributed by atoms with Gasteiger partial charge in [0.25, 0.3) is 0 Å². The van der Waals surface area contributed by atoms with Gasteiger partial charge in [-0.05, 0) is 44.4 Å². The van der Waals surface area contributed by atoms with Crippen LogP contribution in [0.2, 0.25) is 0 Å². The van der Waals surface area contributed by atoms with E-state index in [2.05, 4.69) is 0 Å². The number of carbonyl (C=O) groups is 1. The molecule has 1 aromatic rings. The van der Waals surface area contributed by atoms with E-state index in [0.717, 1.165) is 25.9 Å². The van der Waals surface area contributed by atoms with Crippen molar-refractivity contribution in [3.63, 3.8) is 0 Å². The third-order valence-corrected chi connectivity index (χ3v) is 3.89. The van der Waals surface area contributed by atoms with Crippen LogP contribution in [0.15, 0.2) is 18.2 Å². The normalized spacial score (nSPS) is 14.9. The Kier molecular flexibility index (Phi) is 5.42. The first-order valence-corrected chi connectivity index (χ1v) is 7.52. The molecule has 1 saturated heterocycles. The zero-order chi connectivity index (χ0) is 15.2. The van der Waals surface area contributed by atoms with E-state index in [1.807, 2.05) is 11.8 Å². The van der Waals surface area contributed by atoms with Crippen LogP contribution in [0.25, 0.3) is 0 Å². The van der Waals surface area contributed by atoms with E-state index in [4.69, 9.17) is 4.74 Å². The Hall–Kier alpha value is -1.78. The fraction of sp³-hybridized carbons (Fsp3) is 0.562. The van der Waals surface area contributed by atoms with Crippen LogP contribution < -0.4 is 4.74 Å². The second kappa shape index (κ2) is 7.29. The lowest BCUT2D eigenvalue weighted by molar-refractivity contribution is 0.143. The fourth-order valence-electron chi connectivity index (χ4n) is 2.60. The third-order valence-electron chi connectivity index (χ3n) is 3.89. The molecule has 4 nitrogen and oxygen atoms in total. The predicted octanol–water partition coefficient (Wildman–Crippen LogP) is 3.26. The number of rotatable bonds is 4. The third kappa shape index (κ3) is 3.86. The van der Waals surface area contributed by atoms with Crippen molar-refractivity contribution in [3.8, 4) is 5.75 Å². The second-order valence-electron chi connectivity index (χ2n) is 5.30. The van der Waals surface area contributed by atoms with Crippen LogP contribution in [0.5, 0.6) is 5.75 Å². The highest BCUT2D eigenvalue weighted by Gasteiger charge is 2.22. The molecule has 0 atom stereocenters. The first-order chi connectivity index (χ1) is 10.2. The predicted molar refractivity (Wildman–Crippen MR) is 79.9 cm³/mol. The molecule has 2 amide bonds. The van der Waals surface area contributed by atoms with Gasteiger partial charge in [-0.15, -0.1) is 0 Å². The van der Waals surface area contributed by atoms with Gasteiger partial charge in [0, 0.05) is 25.2 Å². The summed E-state index contributed by atoms with van der Waals surface area (Å²) in [6, 6.07) is 4.62. The number of benzene rings is 1. The number of nitrogens with zero attached hydrogens (tertiary/aromatic N) is 2. The summed E-state index contributed by atoms with van der Waals surface area (Å²) in [7, 11) is 1.55. The van der Waals surface area contributed by atoms with Crippen molar-refractivity contribution >= 4 is 6.03 Å². The average molecular weight is 294 g/mol. The number of ether oxygens (including phenoxy) is 1. The average Bonchev–Trinajstić information content (AvgIpc) is 2.54. The molecule has 0 spiro atoms. The lowest BCUT2D eigenvalue weighted by atomic mass is 10.1. The van der Waals surface area contributed by atoms with E-state index in [9.17, 15) is 9.18 Å². The molecule has 0 unspecified atom stereocenters. The number of piperidine rings is 1. The van der Waals surface area contributed by atoms with Crippen molar-refractivity contribution in [2.75, 3.05) is 26.7 Å². The summed E-state index contributed by atoms with van der Waals surface area (Å²) in [5.41, 5.74) is 0.488. The minimum Gasteiger partial charge on any atom is -0.497 e. The Morgan fingerprint density at radius 2 is 2.05 bits per heavy atom. The van der Waals surface area contributed by atoms with Crippen molar-refractivity contribution in [1.29, 1.82) is 0 Å². The van der Waals surface area contributed by atoms with Crippen LogP contribution >= 0.6 is 0 Å². The van der Waals surface area contributed by atoms with Gasteiger partial charge in [-0.3, -0.25) is 0 Å². The molecule has 0 N–H and O–H groups in total. The lowest BCUT2D eigenvalue weighted by Crippen LogP contribution is -2.45. The van der Waals surface area contributed by atoms with Gasteiger partial charge in [0.2, 0.25) is 0 Å². The highest BCUT2D eigenvalue weighted by Crippen LogP contribution is 2.19. The van der Waals surface area contributed by atoms with Crippen LogP contribution in [0.1, 0.15) is 31.7 Å². The van der Waals surface area contributed by atoms with Crippen LogP contribution in [-0.2, 0) is 6.54 Å². The molecule has 1 fully saturated rings. The zero-order valence-electron chi connectivity index (χ0n) is 12.8. The van der Waals surface area contributed by atoms with E-state index in [-0.39, 0.29) is 18.4 Å². The standard InChI is InChI=1S/C16H23FN2O2/c1-3-18(16(20)19-9-5-4-6-10-19)12-13-11-14(21-2)7-8-15(13)17/h7-8,11H,3-6,9-10,12H2,1-2H3. The van der Waals surface area contributed by atoms with Gasteiger partial charge in [0.1, 0.15) is 11.6 Å². The Morgan fingerprint density at radius 3 is 2.67 bits per heavy atom. The van der Waals surface area contributed by atoms with E-state index in [1.54, 1.807) is 24.1 Å². The molecule has 116 valence electrons. The van der Waals surface area contributed by atoms with Gasteiger partial charge >= 0.3 is 6.03 Å². The summed E-state index contributed by atoms with van der Waals surface area (Å²) >= 11 is 0. The monoisotopic (exact) mass is 294 g/mol. The van der Waals surface area contributed by atoms with Gasteiger partial charge in [0.15, 0.2) is 0 Å². The topological polar surface area (TPSA) is 32.8 Å². The summed E-state index contributed by atoms with van der Waals surface area (Å²) in [5, 5.41) is 0. The summed E-state index contributed by atoms with van der Waals surface area (Å²) in [5.74, 6) is 0.300. The lowest BCUT2D eigenvalue weighted by Gasteiger charge is -2.32. The van der Waals surface area contributed by atoms with Crippen molar-refractivity contribution in [2.45, 2.75) is 32.7 Å². The molecule has 0 bridgehead atoms.